The molecular weight excluding hydrogens is 286 g/mol. The van der Waals surface area contributed by atoms with Gasteiger partial charge in [-0.3, -0.25) is 9.59 Å². The largest absolute Gasteiger partial charge is 0.451 e. The molecule has 0 saturated heterocycles. The van der Waals surface area contributed by atoms with Crippen LogP contribution in [0.2, 0.25) is 0 Å². The molecule has 0 aromatic heterocycles. The molecule has 0 saturated carbocycles. The molecule has 0 spiro atoms. The number of hydrogen-bond acceptors (Lipinski definition) is 5. The highest BCUT2D eigenvalue weighted by Gasteiger charge is 2.26. The fraction of sp³-hybridized carbons (Fsp3) is 0.333. The van der Waals surface area contributed by atoms with Crippen molar-refractivity contribution in [3.63, 3.8) is 0 Å². The number of amides is 2. The summed E-state index contributed by atoms with van der Waals surface area (Å²) in [4.78, 5) is 36.6. The molecule has 2 rings (SSSR count). The lowest BCUT2D eigenvalue weighted by Crippen LogP contribution is -2.36. The second-order valence-electron chi connectivity index (χ2n) is 4.95. The van der Waals surface area contributed by atoms with E-state index in [9.17, 15) is 14.4 Å². The van der Waals surface area contributed by atoms with Crippen molar-refractivity contribution in [1.82, 2.24) is 4.90 Å². The summed E-state index contributed by atoms with van der Waals surface area (Å²) in [6.45, 7) is -0.343. The number of carbonyl (C=O) groups excluding carboxylic acids is 3. The number of likely N-dealkylation sites (N-methyl/N-ethyl adjacent to an activating group) is 1. The fourth-order valence-corrected chi connectivity index (χ4v) is 1.81. The maximum absolute atomic E-state index is 11.9. The predicted octanol–water partition coefficient (Wildman–Crippen LogP) is 0.801. The van der Waals surface area contributed by atoms with Crippen molar-refractivity contribution in [3.8, 4) is 0 Å². The molecule has 0 atom stereocenters. The first kappa shape index (κ1) is 15.7. The Morgan fingerprint density at radius 2 is 1.91 bits per heavy atom. The van der Waals surface area contributed by atoms with E-state index in [-0.39, 0.29) is 37.0 Å². The second kappa shape index (κ2) is 6.84. The maximum atomic E-state index is 11.9. The molecule has 0 aliphatic carbocycles. The summed E-state index contributed by atoms with van der Waals surface area (Å²) in [7, 11) is 3.15. The molecule has 0 fully saturated rings. The van der Waals surface area contributed by atoms with Crippen molar-refractivity contribution in [1.29, 1.82) is 0 Å². The van der Waals surface area contributed by atoms with Gasteiger partial charge in [0.25, 0.3) is 5.91 Å². The van der Waals surface area contributed by atoms with Crippen LogP contribution < -0.4 is 5.01 Å². The summed E-state index contributed by atoms with van der Waals surface area (Å²) in [5, 5.41) is 5.25. The minimum atomic E-state index is -0.677. The number of hydrogen-bond donors (Lipinski definition) is 0. The van der Waals surface area contributed by atoms with Gasteiger partial charge in [-0.2, -0.15) is 5.10 Å². The van der Waals surface area contributed by atoms with Crippen LogP contribution in [0.1, 0.15) is 12.8 Å². The molecule has 22 heavy (non-hydrogen) atoms. The molecule has 1 aromatic rings. The molecule has 0 N–H and O–H groups in total. The van der Waals surface area contributed by atoms with Crippen molar-refractivity contribution in [2.45, 2.75) is 12.8 Å². The average molecular weight is 303 g/mol. The second-order valence-corrected chi connectivity index (χ2v) is 4.95. The van der Waals surface area contributed by atoms with Gasteiger partial charge in [0.1, 0.15) is 5.71 Å². The summed E-state index contributed by atoms with van der Waals surface area (Å²) in [6, 6.07) is 8.83. The molecule has 0 radical (unpaired) electrons. The summed E-state index contributed by atoms with van der Waals surface area (Å²) >= 11 is 0. The number of nitrogens with zero attached hydrogens (tertiary/aromatic N) is 3. The van der Waals surface area contributed by atoms with E-state index in [4.69, 9.17) is 4.74 Å². The number of benzene rings is 1. The minimum absolute atomic E-state index is 0.134. The molecule has 1 aromatic carbocycles. The first-order valence-corrected chi connectivity index (χ1v) is 6.82. The van der Waals surface area contributed by atoms with Crippen LogP contribution >= 0.6 is 0 Å². The van der Waals surface area contributed by atoms with E-state index < -0.39 is 5.97 Å². The van der Waals surface area contributed by atoms with Gasteiger partial charge in [0.15, 0.2) is 6.61 Å². The van der Waals surface area contributed by atoms with E-state index in [1.165, 1.54) is 9.91 Å². The Hall–Kier alpha value is -2.70. The molecule has 0 unspecified atom stereocenters. The summed E-state index contributed by atoms with van der Waals surface area (Å²) < 4.78 is 4.93. The Balaban J connectivity index is 2.09. The molecule has 1 aliphatic rings. The zero-order chi connectivity index (χ0) is 16.1. The Labute approximate surface area is 128 Å². The lowest BCUT2D eigenvalue weighted by Gasteiger charge is -2.22. The van der Waals surface area contributed by atoms with Gasteiger partial charge in [-0.15, -0.1) is 0 Å². The Kier molecular flexibility index (Phi) is 4.88. The SMILES string of the molecule is CN(C)C(=O)COC(=O)C1=NN(c2ccccc2)C(=O)CC1. The van der Waals surface area contributed by atoms with Crippen molar-refractivity contribution in [2.24, 2.45) is 5.10 Å². The highest BCUT2D eigenvalue weighted by atomic mass is 16.5. The smallest absolute Gasteiger partial charge is 0.355 e. The third-order valence-corrected chi connectivity index (χ3v) is 3.09. The van der Waals surface area contributed by atoms with Gasteiger partial charge in [-0.25, -0.2) is 9.80 Å². The average Bonchev–Trinajstić information content (AvgIpc) is 2.53. The zero-order valence-electron chi connectivity index (χ0n) is 12.5. The van der Waals surface area contributed by atoms with Gasteiger partial charge in [0.2, 0.25) is 5.91 Å². The van der Waals surface area contributed by atoms with Crippen LogP contribution in [0, 0.1) is 0 Å². The van der Waals surface area contributed by atoms with E-state index >= 15 is 0 Å². The first-order valence-electron chi connectivity index (χ1n) is 6.82. The lowest BCUT2D eigenvalue weighted by atomic mass is 10.1. The number of esters is 1. The van der Waals surface area contributed by atoms with Crippen molar-refractivity contribution in [3.05, 3.63) is 30.3 Å². The molecule has 7 heteroatoms. The monoisotopic (exact) mass is 303 g/mol. The zero-order valence-corrected chi connectivity index (χ0v) is 12.5. The molecular formula is C15H17N3O4. The highest BCUT2D eigenvalue weighted by Crippen LogP contribution is 2.19. The molecule has 7 nitrogen and oxygen atoms in total. The lowest BCUT2D eigenvalue weighted by molar-refractivity contribution is -0.145. The number of ether oxygens (including phenoxy) is 1. The van der Waals surface area contributed by atoms with E-state index in [0.717, 1.165) is 0 Å². The highest BCUT2D eigenvalue weighted by molar-refractivity contribution is 6.38. The number of rotatable bonds is 4. The summed E-state index contributed by atoms with van der Waals surface area (Å²) in [5.41, 5.74) is 0.719. The Bertz CT molecular complexity index is 610. The molecule has 116 valence electrons. The Morgan fingerprint density at radius 1 is 1.23 bits per heavy atom. The number of para-hydroxylation sites is 1. The van der Waals surface area contributed by atoms with Crippen LogP contribution in [0.5, 0.6) is 0 Å². The van der Waals surface area contributed by atoms with Crippen molar-refractivity contribution in [2.75, 3.05) is 25.7 Å². The van der Waals surface area contributed by atoms with Gasteiger partial charge in [0.05, 0.1) is 5.69 Å². The standard InChI is InChI=1S/C15H17N3O4/c1-17(2)14(20)10-22-15(21)12-8-9-13(19)18(16-12)11-6-4-3-5-7-11/h3-7H,8-10H2,1-2H3. The van der Waals surface area contributed by atoms with Crippen molar-refractivity contribution >= 4 is 29.2 Å². The molecule has 1 heterocycles. The van der Waals surface area contributed by atoms with E-state index in [1.54, 1.807) is 38.4 Å². The van der Waals surface area contributed by atoms with Crippen LogP contribution in [-0.2, 0) is 19.1 Å². The van der Waals surface area contributed by atoms with Crippen LogP contribution in [0.25, 0.3) is 0 Å². The van der Waals surface area contributed by atoms with Crippen LogP contribution in [0.3, 0.4) is 0 Å². The fourth-order valence-electron chi connectivity index (χ4n) is 1.81. The molecule has 2 amide bonds. The van der Waals surface area contributed by atoms with Gasteiger partial charge >= 0.3 is 5.97 Å². The predicted molar refractivity (Wildman–Crippen MR) is 80.3 cm³/mol. The van der Waals surface area contributed by atoms with Crippen LogP contribution in [-0.4, -0.2) is 49.1 Å². The van der Waals surface area contributed by atoms with E-state index in [2.05, 4.69) is 5.10 Å². The van der Waals surface area contributed by atoms with Gasteiger partial charge < -0.3 is 9.64 Å². The third kappa shape index (κ3) is 3.69. The molecule has 1 aliphatic heterocycles. The quantitative estimate of drug-likeness (QED) is 0.771. The number of anilines is 1. The first-order chi connectivity index (χ1) is 10.5. The normalized spacial score (nSPS) is 14.4. The van der Waals surface area contributed by atoms with Crippen molar-refractivity contribution < 1.29 is 19.1 Å². The number of hydrazone groups is 1. The van der Waals surface area contributed by atoms with Crippen LogP contribution in [0.15, 0.2) is 35.4 Å². The van der Waals surface area contributed by atoms with E-state index in [1.807, 2.05) is 6.07 Å². The van der Waals surface area contributed by atoms with Gasteiger partial charge in [0, 0.05) is 26.9 Å². The summed E-state index contributed by atoms with van der Waals surface area (Å²) in [6.07, 6.45) is 0.377. The summed E-state index contributed by atoms with van der Waals surface area (Å²) in [5.74, 6) is -1.18. The van der Waals surface area contributed by atoms with Crippen LogP contribution in [0.4, 0.5) is 5.69 Å². The molecule has 0 bridgehead atoms. The topological polar surface area (TPSA) is 79.3 Å². The third-order valence-electron chi connectivity index (χ3n) is 3.09. The Morgan fingerprint density at radius 3 is 2.55 bits per heavy atom. The van der Waals surface area contributed by atoms with Gasteiger partial charge in [-0.05, 0) is 12.1 Å². The maximum Gasteiger partial charge on any atom is 0.355 e. The minimum Gasteiger partial charge on any atom is -0.451 e. The number of carbonyl (C=O) groups is 3. The van der Waals surface area contributed by atoms with Gasteiger partial charge in [-0.1, -0.05) is 18.2 Å². The van der Waals surface area contributed by atoms with E-state index in [0.29, 0.717) is 5.69 Å².